The summed E-state index contributed by atoms with van der Waals surface area (Å²) in [4.78, 5) is 57.5. The van der Waals surface area contributed by atoms with E-state index in [0.717, 1.165) is 53.8 Å². The number of ketones is 2. The quantitative estimate of drug-likeness (QED) is 0.0181. The van der Waals surface area contributed by atoms with E-state index in [0.29, 0.717) is 89.9 Å². The zero-order valence-corrected chi connectivity index (χ0v) is 104. The van der Waals surface area contributed by atoms with E-state index < -0.39 is 168 Å². The van der Waals surface area contributed by atoms with Crippen LogP contribution in [0, 0.1) is 23.7 Å². The number of Topliss-reactive ketones (excluding diaryl/α,β-unsaturated/α-hetero) is 2. The summed E-state index contributed by atoms with van der Waals surface area (Å²) in [5.74, 6) is -6.75. The molecule has 0 radical (unpaired) electrons. The smallest absolute Gasteiger partial charge is 0.302 e. The van der Waals surface area contributed by atoms with Gasteiger partial charge in [-0.25, -0.2) is 0 Å². The number of esters is 1. The van der Waals surface area contributed by atoms with Crippen LogP contribution in [0.15, 0.2) is 61.3 Å². The van der Waals surface area contributed by atoms with Crippen molar-refractivity contribution in [1.82, 2.24) is 0 Å². The minimum absolute atomic E-state index is 0.0127. The molecule has 6 rings (SSSR count). The Bertz CT molecular complexity index is 3940. The highest BCUT2D eigenvalue weighted by Gasteiger charge is 2.65. The standard InChI is InChI=1S/C109H206O21Si8/c1-46-53-57-86(123-133(40,41)102(21,22)23)60-78(14)61-95-100(128-132(37,38)39)97(125-131(34,35)36)72-106(31,121-95)101(129-136(47-2,48-3)49-4)109(115-33)73-96(126-135(44,45)104(27,28)29)82(18)94(122-109)59-56-54-55-58-85-63-92(124-134(42,43)103(24,25)26)71-107(117-85)69-89(114-32)64-87(118-107)66-93(112)81(17)99(83(19)110)80(16)79(15)62-91-68-105(30,130-137(50-5,51-6)52-7)74-108(120-91)70-90(116-84(20)111)65-88(119-108)67-98(113)127-138(75(8)9,76(10)11)77(12)13/h46,53,55,57-58,75-77,80-82,85-92,94-97,99-101H,1,14-15,47-52,54,56,59-74H2,2-13,16-45H3/b57-53+,58-55-/t80-,81+,82-,85-,86+,87-,88?,89-,90-,91-,92-,94+,95+,96-,97+,99-,100+,101-,105-,106+,107+,108-,109+/m0/s1. The predicted octanol–water partition coefficient (Wildman–Crippen LogP) is 28.4. The first-order valence-electron chi connectivity index (χ1n) is 53.9. The minimum atomic E-state index is -2.63. The highest BCUT2D eigenvalue weighted by Crippen LogP contribution is 2.56. The van der Waals surface area contributed by atoms with Crippen LogP contribution in [0.25, 0.3) is 0 Å². The number of methoxy groups -OCH3 is 2. The molecule has 6 saturated heterocycles. The maximum Gasteiger partial charge on any atom is 0.302 e. The Hall–Kier alpha value is -1.88. The summed E-state index contributed by atoms with van der Waals surface area (Å²) in [5, 5.41) is -0.210. The maximum atomic E-state index is 15.5. The van der Waals surface area contributed by atoms with Crippen LogP contribution in [0.2, 0.25) is 147 Å². The van der Waals surface area contributed by atoms with Crippen molar-refractivity contribution >= 4 is 90.0 Å². The third kappa shape index (κ3) is 32.8. The van der Waals surface area contributed by atoms with Gasteiger partial charge in [0.1, 0.15) is 23.8 Å². The van der Waals surface area contributed by atoms with E-state index in [1.165, 1.54) is 6.92 Å². The van der Waals surface area contributed by atoms with Gasteiger partial charge >= 0.3 is 5.97 Å². The lowest BCUT2D eigenvalue weighted by Gasteiger charge is -2.59. The number of ether oxygens (including phenoxy) is 9. The van der Waals surface area contributed by atoms with E-state index in [1.54, 1.807) is 14.0 Å². The van der Waals surface area contributed by atoms with Gasteiger partial charge in [0.05, 0.1) is 90.9 Å². The second-order valence-corrected chi connectivity index (χ2v) is 89.1. The van der Waals surface area contributed by atoms with E-state index in [9.17, 15) is 14.4 Å². The molecule has 6 aliphatic heterocycles. The van der Waals surface area contributed by atoms with Crippen LogP contribution in [0.5, 0.6) is 0 Å². The molecule has 138 heavy (non-hydrogen) atoms. The molecule has 0 aromatic heterocycles. The van der Waals surface area contributed by atoms with Gasteiger partial charge in [0.25, 0.3) is 14.3 Å². The largest absolute Gasteiger partial charge is 0.518 e. The number of carbonyl (C=O) groups is 4. The van der Waals surface area contributed by atoms with Gasteiger partial charge in [-0.05, 0) is 212 Å². The van der Waals surface area contributed by atoms with E-state index in [-0.39, 0.29) is 111 Å². The predicted molar refractivity (Wildman–Crippen MR) is 584 cm³/mol. The van der Waals surface area contributed by atoms with E-state index in [2.05, 4.69) is 270 Å². The monoisotopic (exact) mass is 2080 g/mol. The van der Waals surface area contributed by atoms with Gasteiger partial charge < -0.3 is 78.0 Å². The molecular weight excluding hydrogens is 1870 g/mol. The fraction of sp³-hybridized carbons (Fsp3) is 0.872. The summed E-state index contributed by atoms with van der Waals surface area (Å²) in [6.07, 6.45) is 12.1. The van der Waals surface area contributed by atoms with Crippen LogP contribution >= 0.6 is 0 Å². The number of carbonyl (C=O) groups excluding carboxylic acids is 4. The first-order chi connectivity index (χ1) is 63.2. The third-order valence-electron chi connectivity index (χ3n) is 33.8. The van der Waals surface area contributed by atoms with Gasteiger partial charge in [-0.3, -0.25) is 19.2 Å². The molecule has 0 N–H and O–H groups in total. The Kier molecular flexibility index (Phi) is 44.9. The Balaban J connectivity index is 1.35. The van der Waals surface area contributed by atoms with Crippen LogP contribution in [0.1, 0.15) is 309 Å². The molecule has 0 aliphatic carbocycles. The van der Waals surface area contributed by atoms with E-state index in [4.69, 9.17) is 91.2 Å². The fourth-order valence-corrected chi connectivity index (χ4v) is 40.6. The normalized spacial score (nSPS) is 30.7. The summed E-state index contributed by atoms with van der Waals surface area (Å²) < 4.78 is 125. The van der Waals surface area contributed by atoms with Gasteiger partial charge in [-0.1, -0.05) is 227 Å². The lowest BCUT2D eigenvalue weighted by molar-refractivity contribution is -0.364. The Labute approximate surface area is 850 Å². The van der Waals surface area contributed by atoms with Crippen molar-refractivity contribution in [2.45, 2.75) is 570 Å². The molecular formula is C109H206O21Si8. The zero-order chi connectivity index (χ0) is 105. The first-order valence-corrected chi connectivity index (χ1v) is 76.6. The molecule has 6 fully saturated rings. The number of hydrogen-bond donors (Lipinski definition) is 0. The summed E-state index contributed by atoms with van der Waals surface area (Å²) in [5.41, 5.74) is 0.498. The average molecular weight is 2080 g/mol. The molecule has 800 valence electrons. The van der Waals surface area contributed by atoms with Crippen molar-refractivity contribution in [2.75, 3.05) is 14.2 Å². The Morgan fingerprint density at radius 3 is 1.57 bits per heavy atom. The molecule has 0 amide bonds. The average Bonchev–Trinajstić information content (AvgIpc) is 0.720. The molecule has 2 spiro atoms. The van der Waals surface area contributed by atoms with E-state index in [1.807, 2.05) is 33.1 Å². The highest BCUT2D eigenvalue weighted by atomic mass is 28.4. The maximum absolute atomic E-state index is 15.5. The van der Waals surface area contributed by atoms with Gasteiger partial charge in [-0.15, -0.1) is 0 Å². The van der Waals surface area contributed by atoms with Gasteiger partial charge in [0.15, 0.2) is 75.6 Å². The van der Waals surface area contributed by atoms with Crippen molar-refractivity contribution in [3.05, 3.63) is 61.3 Å². The molecule has 0 aromatic rings. The van der Waals surface area contributed by atoms with Crippen molar-refractivity contribution in [3.8, 4) is 0 Å². The summed E-state index contributed by atoms with van der Waals surface area (Å²) in [6, 6.07) is 5.42. The zero-order valence-electron chi connectivity index (χ0n) is 95.7. The van der Waals surface area contributed by atoms with Crippen LogP contribution < -0.4 is 0 Å². The molecule has 6 aliphatic rings. The molecule has 6 heterocycles. The number of allylic oxidation sites excluding steroid dienone is 3. The SMILES string of the molecule is C=C/C=C/[C@H](CC(=C)C[C@H]1O[C@@](C)([C@H](O[Si](CC)(CC)CC)[C@@]2(OC)C[C@H](O[Si](C)(C)C(C)(C)C)[C@@H](C)[C@@H](CCC/C=C\[C@H]3C[C@H](O[Si](C)(C)C(C)(C)C)C[C@]4(C[C@@H](OC)C[C@@H](CC(=O)[C@@H](C)[C@@H](C(C)=O)[C@@H](C)C(=C)C[C@H]5C[C@](C)(O[Si](CC)(CC)CC)C[C@]6(C[C@@H](OC(C)=O)CC(CC(=O)O[Si](C(C)C)(C(C)C)C(C)C)O6)O5)O4)O3)O2)C[C@@H](O[Si](C)(C)C)[C@@H]1O[Si](C)(C)C)O[Si](C)(C)C(C)(C)C. The van der Waals surface area contributed by atoms with Crippen LogP contribution in [0.4, 0.5) is 0 Å². The third-order valence-corrected chi connectivity index (χ3v) is 64.8. The van der Waals surface area contributed by atoms with E-state index >= 15 is 4.79 Å². The molecule has 29 heteroatoms. The summed E-state index contributed by atoms with van der Waals surface area (Å²) >= 11 is 0. The lowest BCUT2D eigenvalue weighted by Crippen LogP contribution is -2.71. The molecule has 23 atom stereocenters. The molecule has 21 nitrogen and oxygen atoms in total. The fourth-order valence-electron chi connectivity index (χ4n) is 23.1. The van der Waals surface area contributed by atoms with Crippen molar-refractivity contribution < 1.29 is 97.2 Å². The lowest BCUT2D eigenvalue weighted by atomic mass is 9.73. The number of rotatable bonds is 51. The van der Waals surface area contributed by atoms with Gasteiger partial charge in [0.2, 0.25) is 0 Å². The summed E-state index contributed by atoms with van der Waals surface area (Å²) in [7, 11) is -15.7. The minimum Gasteiger partial charge on any atom is -0.518 e. The second-order valence-electron chi connectivity index (χ2n) is 51.1. The van der Waals surface area contributed by atoms with Crippen LogP contribution in [-0.4, -0.2) is 218 Å². The van der Waals surface area contributed by atoms with Gasteiger partial charge in [0, 0.05) is 110 Å². The van der Waals surface area contributed by atoms with Crippen molar-refractivity contribution in [1.29, 1.82) is 0 Å². The molecule has 1 unspecified atom stereocenters. The second kappa shape index (κ2) is 49.7. The van der Waals surface area contributed by atoms with Crippen LogP contribution in [0.3, 0.4) is 0 Å². The van der Waals surface area contributed by atoms with Gasteiger partial charge in [-0.2, -0.15) is 0 Å². The topological polar surface area (TPSA) is 225 Å². The summed E-state index contributed by atoms with van der Waals surface area (Å²) in [6.45, 7) is 102. The van der Waals surface area contributed by atoms with Crippen LogP contribution in [-0.2, 0) is 97.2 Å². The molecule has 0 aromatic carbocycles. The van der Waals surface area contributed by atoms with Crippen molar-refractivity contribution in [2.24, 2.45) is 23.7 Å². The van der Waals surface area contributed by atoms with Crippen molar-refractivity contribution in [3.63, 3.8) is 0 Å². The Morgan fingerprint density at radius 1 is 0.536 bits per heavy atom. The first kappa shape index (κ1) is 125. The highest BCUT2D eigenvalue weighted by molar-refractivity contribution is 6.79. The number of hydrogen-bond acceptors (Lipinski definition) is 21. The molecule has 0 bridgehead atoms. The number of unbranched alkanes of at least 4 members (excludes halogenated alkanes) is 1. The molecule has 0 saturated carbocycles. The Morgan fingerprint density at radius 2 is 1.06 bits per heavy atom.